The van der Waals surface area contributed by atoms with E-state index in [2.05, 4.69) is 4.74 Å². The summed E-state index contributed by atoms with van der Waals surface area (Å²) in [6.45, 7) is 9.13. The zero-order valence-electron chi connectivity index (χ0n) is 20.0. The highest BCUT2D eigenvalue weighted by atomic mass is 16.6. The monoisotopic (exact) mass is 473 g/mol. The van der Waals surface area contributed by atoms with E-state index in [9.17, 15) is 24.5 Å². The molecule has 1 unspecified atom stereocenters. The van der Waals surface area contributed by atoms with Crippen molar-refractivity contribution in [2.75, 3.05) is 19.7 Å². The number of rotatable bonds is 5. The normalized spacial score (nSPS) is 16.9. The van der Waals surface area contributed by atoms with E-state index in [1.165, 1.54) is 37.8 Å². The van der Waals surface area contributed by atoms with Crippen LogP contribution in [-0.2, 0) is 19.1 Å². The van der Waals surface area contributed by atoms with E-state index in [0.717, 1.165) is 19.2 Å². The van der Waals surface area contributed by atoms with Gasteiger partial charge in [0, 0.05) is 19.2 Å². The number of carbonyl (C=O) groups excluding carboxylic acids is 3. The summed E-state index contributed by atoms with van der Waals surface area (Å²) < 4.78 is 10.0. The number of ether oxygens (including phenoxy) is 2. The smallest absolute Gasteiger partial charge is 0.410 e. The topological polar surface area (TPSA) is 140 Å². The van der Waals surface area contributed by atoms with Crippen molar-refractivity contribution in [3.8, 4) is 6.07 Å². The molecule has 10 heteroatoms. The van der Waals surface area contributed by atoms with Crippen LogP contribution < -0.4 is 0 Å². The van der Waals surface area contributed by atoms with Gasteiger partial charge in [0.25, 0.3) is 5.69 Å². The number of amides is 1. The molecule has 184 valence electrons. The lowest BCUT2D eigenvalue weighted by Gasteiger charge is -2.33. The Kier molecular flexibility index (Phi) is 8.74. The van der Waals surface area contributed by atoms with Crippen molar-refractivity contribution in [3.63, 3.8) is 0 Å². The lowest BCUT2D eigenvalue weighted by molar-refractivity contribution is -0.385. The van der Waals surface area contributed by atoms with Gasteiger partial charge in [-0.1, -0.05) is 0 Å². The van der Waals surface area contributed by atoms with E-state index in [1.54, 1.807) is 13.0 Å². The predicted molar refractivity (Wildman–Crippen MR) is 122 cm³/mol. The number of nitro benzene ring substituents is 1. The van der Waals surface area contributed by atoms with Crippen LogP contribution in [-0.4, -0.2) is 53.5 Å². The van der Waals surface area contributed by atoms with Crippen LogP contribution in [0.15, 0.2) is 18.2 Å². The standard InChI is InChI=1S/C12H10N2O5.C12H21NO2/c1-2-19-12(16)10(7-15)9-4-3-8(6-13)5-11(9)14(17)18;1-11(2,3)15-10(14)13-8-6-12(4-5-12)7-9-13/h3-5,7,10H,2H2,1H3;4-9H2,1-3H3. The Morgan fingerprint density at radius 1 is 1.26 bits per heavy atom. The summed E-state index contributed by atoms with van der Waals surface area (Å²) in [6.07, 6.45) is 5.23. The third-order valence-electron chi connectivity index (χ3n) is 5.80. The molecule has 0 aromatic heterocycles. The number of aldehydes is 1. The number of carbonyl (C=O) groups is 3. The van der Waals surface area contributed by atoms with Crippen LogP contribution in [0.3, 0.4) is 0 Å². The minimum atomic E-state index is -1.37. The second-order valence-corrected chi connectivity index (χ2v) is 9.48. The van der Waals surface area contributed by atoms with Crippen molar-refractivity contribution in [2.24, 2.45) is 5.41 Å². The lowest BCUT2D eigenvalue weighted by atomic mass is 9.94. The highest BCUT2D eigenvalue weighted by molar-refractivity contribution is 5.95. The third kappa shape index (κ3) is 7.27. The quantitative estimate of drug-likeness (QED) is 0.205. The summed E-state index contributed by atoms with van der Waals surface area (Å²) in [5.41, 5.74) is -0.213. The minimum Gasteiger partial charge on any atom is -0.465 e. The molecule has 34 heavy (non-hydrogen) atoms. The van der Waals surface area contributed by atoms with Gasteiger partial charge in [0.1, 0.15) is 17.8 Å². The van der Waals surface area contributed by atoms with Crippen molar-refractivity contribution in [1.29, 1.82) is 5.26 Å². The van der Waals surface area contributed by atoms with Gasteiger partial charge >= 0.3 is 12.1 Å². The first-order chi connectivity index (χ1) is 15.9. The predicted octanol–water partition coefficient (Wildman–Crippen LogP) is 4.11. The zero-order chi connectivity index (χ0) is 25.5. The molecule has 0 N–H and O–H groups in total. The number of benzene rings is 1. The molecule has 1 aromatic rings. The Labute approximate surface area is 199 Å². The van der Waals surface area contributed by atoms with Crippen LogP contribution in [0.4, 0.5) is 10.5 Å². The first kappa shape index (κ1) is 26.8. The molecule has 1 heterocycles. The molecule has 1 amide bonds. The van der Waals surface area contributed by atoms with Crippen LogP contribution in [0, 0.1) is 26.9 Å². The maximum absolute atomic E-state index is 11.7. The van der Waals surface area contributed by atoms with E-state index >= 15 is 0 Å². The van der Waals surface area contributed by atoms with Crippen molar-refractivity contribution < 1.29 is 28.8 Å². The summed E-state index contributed by atoms with van der Waals surface area (Å²) >= 11 is 0. The maximum Gasteiger partial charge on any atom is 0.410 e. The molecule has 0 radical (unpaired) electrons. The second kappa shape index (κ2) is 11.1. The highest BCUT2D eigenvalue weighted by Gasteiger charge is 2.45. The van der Waals surface area contributed by atoms with Gasteiger partial charge in [0.2, 0.25) is 0 Å². The summed E-state index contributed by atoms with van der Waals surface area (Å²) in [5.74, 6) is -2.22. The SMILES string of the molecule is CC(C)(C)OC(=O)N1CCC2(CC1)CC2.CCOC(=O)C(C=O)c1ccc(C#N)cc1[N+](=O)[O-]. The van der Waals surface area contributed by atoms with Crippen LogP contribution in [0.25, 0.3) is 0 Å². The van der Waals surface area contributed by atoms with Gasteiger partial charge in [-0.15, -0.1) is 0 Å². The van der Waals surface area contributed by atoms with E-state index in [0.29, 0.717) is 5.41 Å². The third-order valence-corrected chi connectivity index (χ3v) is 5.80. The van der Waals surface area contributed by atoms with E-state index in [-0.39, 0.29) is 35.7 Å². The summed E-state index contributed by atoms with van der Waals surface area (Å²) in [6, 6.07) is 5.29. The Balaban J connectivity index is 0.000000246. The summed E-state index contributed by atoms with van der Waals surface area (Å²) in [5, 5.41) is 19.6. The van der Waals surface area contributed by atoms with Crippen LogP contribution in [0.2, 0.25) is 0 Å². The lowest BCUT2D eigenvalue weighted by Crippen LogP contribution is -2.42. The van der Waals surface area contributed by atoms with E-state index in [1.807, 2.05) is 25.7 Å². The summed E-state index contributed by atoms with van der Waals surface area (Å²) in [7, 11) is 0. The first-order valence-corrected chi connectivity index (χ1v) is 11.2. The molecule has 1 aromatic carbocycles. The molecule has 1 saturated carbocycles. The van der Waals surface area contributed by atoms with Gasteiger partial charge in [-0.3, -0.25) is 14.9 Å². The zero-order valence-corrected chi connectivity index (χ0v) is 20.0. The number of piperidine rings is 1. The van der Waals surface area contributed by atoms with Crippen LogP contribution in [0.1, 0.15) is 70.4 Å². The van der Waals surface area contributed by atoms with E-state index in [4.69, 9.17) is 10.00 Å². The van der Waals surface area contributed by atoms with Crippen molar-refractivity contribution in [2.45, 2.75) is 64.9 Å². The largest absolute Gasteiger partial charge is 0.465 e. The number of nitrogens with zero attached hydrogens (tertiary/aromatic N) is 3. The van der Waals surface area contributed by atoms with Crippen molar-refractivity contribution >= 4 is 24.0 Å². The molecule has 1 saturated heterocycles. The maximum atomic E-state index is 11.7. The highest BCUT2D eigenvalue weighted by Crippen LogP contribution is 2.53. The fourth-order valence-corrected chi connectivity index (χ4v) is 3.69. The molecule has 10 nitrogen and oxygen atoms in total. The molecule has 1 aliphatic carbocycles. The molecule has 1 atom stereocenters. The fourth-order valence-electron chi connectivity index (χ4n) is 3.69. The number of likely N-dealkylation sites (tertiary alicyclic amines) is 1. The Hall–Kier alpha value is -3.48. The number of nitriles is 1. The molecule has 2 fully saturated rings. The number of hydrogen-bond donors (Lipinski definition) is 0. The van der Waals surface area contributed by atoms with Crippen LogP contribution >= 0.6 is 0 Å². The van der Waals surface area contributed by atoms with Gasteiger partial charge in [-0.2, -0.15) is 5.26 Å². The molecular weight excluding hydrogens is 442 g/mol. The summed E-state index contributed by atoms with van der Waals surface area (Å²) in [4.78, 5) is 46.3. The Morgan fingerprint density at radius 3 is 2.32 bits per heavy atom. The average Bonchev–Trinajstić information content (AvgIpc) is 3.53. The van der Waals surface area contributed by atoms with Crippen molar-refractivity contribution in [1.82, 2.24) is 4.90 Å². The van der Waals surface area contributed by atoms with Crippen LogP contribution in [0.5, 0.6) is 0 Å². The molecule has 3 rings (SSSR count). The Morgan fingerprint density at radius 2 is 1.88 bits per heavy atom. The first-order valence-electron chi connectivity index (χ1n) is 11.2. The average molecular weight is 474 g/mol. The number of esters is 1. The van der Waals surface area contributed by atoms with Gasteiger partial charge in [0.15, 0.2) is 0 Å². The number of hydrogen-bond acceptors (Lipinski definition) is 8. The van der Waals surface area contributed by atoms with Gasteiger partial charge in [-0.05, 0) is 70.9 Å². The Bertz CT molecular complexity index is 964. The van der Waals surface area contributed by atoms with E-state index < -0.39 is 22.5 Å². The molecule has 0 bridgehead atoms. The minimum absolute atomic E-state index is 0.0627. The second-order valence-electron chi connectivity index (χ2n) is 9.48. The fraction of sp³-hybridized carbons (Fsp3) is 0.583. The van der Waals surface area contributed by atoms with Gasteiger partial charge in [-0.25, -0.2) is 4.79 Å². The number of nitro groups is 1. The van der Waals surface area contributed by atoms with Gasteiger partial charge in [0.05, 0.1) is 28.7 Å². The molecular formula is C24H31N3O7. The molecule has 2 aliphatic rings. The molecule has 1 spiro atoms. The molecule has 1 aliphatic heterocycles. The van der Waals surface area contributed by atoms with Crippen molar-refractivity contribution in [3.05, 3.63) is 39.4 Å². The van der Waals surface area contributed by atoms with Gasteiger partial charge < -0.3 is 19.2 Å².